The highest BCUT2D eigenvalue weighted by atomic mass is 79.9. The highest BCUT2D eigenvalue weighted by Crippen LogP contribution is 2.29. The molecule has 2 aliphatic rings. The third-order valence-electron chi connectivity index (χ3n) is 5.80. The average molecular weight is 438 g/mol. The molecule has 0 radical (unpaired) electrons. The van der Waals surface area contributed by atoms with Crippen LogP contribution in [0.25, 0.3) is 5.69 Å². The first-order chi connectivity index (χ1) is 13.8. The van der Waals surface area contributed by atoms with Crippen LogP contribution < -0.4 is 4.90 Å². The van der Waals surface area contributed by atoms with Crippen molar-refractivity contribution >= 4 is 21.7 Å². The van der Waals surface area contributed by atoms with Crippen LogP contribution >= 0.6 is 15.9 Å². The molecule has 5 nitrogen and oxygen atoms in total. The fraction of sp³-hybridized carbons (Fsp3) is 0.364. The van der Waals surface area contributed by atoms with E-state index in [4.69, 9.17) is 5.10 Å². The van der Waals surface area contributed by atoms with Crippen molar-refractivity contribution in [2.45, 2.75) is 25.8 Å². The minimum atomic E-state index is 0.948. The van der Waals surface area contributed by atoms with Crippen LogP contribution in [0.4, 0.5) is 5.82 Å². The molecule has 1 fully saturated rings. The first-order valence-corrected chi connectivity index (χ1v) is 10.8. The zero-order valence-corrected chi connectivity index (χ0v) is 17.5. The van der Waals surface area contributed by atoms with E-state index in [1.54, 1.807) is 0 Å². The van der Waals surface area contributed by atoms with Gasteiger partial charge in [-0.05, 0) is 65.0 Å². The molecule has 2 aromatic heterocycles. The molecule has 0 saturated carbocycles. The number of piperazine rings is 1. The van der Waals surface area contributed by atoms with Gasteiger partial charge in [-0.25, -0.2) is 9.67 Å². The minimum Gasteiger partial charge on any atom is -0.354 e. The molecule has 0 spiro atoms. The molecule has 0 bridgehead atoms. The molecule has 0 amide bonds. The number of hydrogen-bond acceptors (Lipinski definition) is 4. The lowest BCUT2D eigenvalue weighted by atomic mass is 10.2. The average Bonchev–Trinajstić information content (AvgIpc) is 3.34. The summed E-state index contributed by atoms with van der Waals surface area (Å²) in [7, 11) is 0. The largest absolute Gasteiger partial charge is 0.354 e. The Kier molecular flexibility index (Phi) is 4.91. The summed E-state index contributed by atoms with van der Waals surface area (Å²) < 4.78 is 3.21. The Labute approximate surface area is 174 Å². The van der Waals surface area contributed by atoms with Gasteiger partial charge in [0.15, 0.2) is 0 Å². The molecule has 1 aliphatic carbocycles. The molecule has 0 N–H and O–H groups in total. The van der Waals surface area contributed by atoms with E-state index < -0.39 is 0 Å². The fourth-order valence-corrected chi connectivity index (χ4v) is 4.56. The number of fused-ring (bicyclic) bond motifs is 1. The van der Waals surface area contributed by atoms with E-state index in [0.29, 0.717) is 0 Å². The molecule has 1 aromatic carbocycles. The highest BCUT2D eigenvalue weighted by Gasteiger charge is 2.25. The molecular formula is C22H24BrN5. The van der Waals surface area contributed by atoms with Gasteiger partial charge in [0.25, 0.3) is 0 Å². The van der Waals surface area contributed by atoms with Gasteiger partial charge < -0.3 is 4.90 Å². The number of benzene rings is 1. The third-order valence-corrected chi connectivity index (χ3v) is 6.26. The molecule has 6 heteroatoms. The van der Waals surface area contributed by atoms with Crippen molar-refractivity contribution in [3.63, 3.8) is 0 Å². The maximum atomic E-state index is 5.03. The van der Waals surface area contributed by atoms with Gasteiger partial charge in [0.1, 0.15) is 5.82 Å². The second-order valence-electron chi connectivity index (χ2n) is 7.57. The van der Waals surface area contributed by atoms with Gasteiger partial charge in [-0.3, -0.25) is 4.90 Å². The van der Waals surface area contributed by atoms with Gasteiger partial charge in [-0.2, -0.15) is 5.10 Å². The smallest absolute Gasteiger partial charge is 0.128 e. The molecule has 1 saturated heterocycles. The van der Waals surface area contributed by atoms with E-state index in [1.165, 1.54) is 35.5 Å². The van der Waals surface area contributed by atoms with Crippen molar-refractivity contribution in [3.8, 4) is 5.69 Å². The molecule has 144 valence electrons. The van der Waals surface area contributed by atoms with Crippen LogP contribution in [0.1, 0.15) is 23.4 Å². The number of para-hydroxylation sites is 1. The van der Waals surface area contributed by atoms with E-state index in [-0.39, 0.29) is 0 Å². The normalized spacial score (nSPS) is 17.1. The number of anilines is 1. The summed E-state index contributed by atoms with van der Waals surface area (Å²) in [6.07, 6.45) is 5.43. The Hall–Kier alpha value is -2.18. The van der Waals surface area contributed by atoms with Crippen molar-refractivity contribution < 1.29 is 0 Å². The Morgan fingerprint density at radius 2 is 1.75 bits per heavy atom. The van der Waals surface area contributed by atoms with Gasteiger partial charge in [-0.15, -0.1) is 0 Å². The van der Waals surface area contributed by atoms with Crippen molar-refractivity contribution in [2.24, 2.45) is 0 Å². The van der Waals surface area contributed by atoms with E-state index in [1.807, 2.05) is 6.20 Å². The summed E-state index contributed by atoms with van der Waals surface area (Å²) in [5, 5.41) is 5.03. The number of nitrogens with zero attached hydrogens (tertiary/aromatic N) is 5. The zero-order chi connectivity index (χ0) is 18.9. The summed E-state index contributed by atoms with van der Waals surface area (Å²) in [5.41, 5.74) is 5.35. The van der Waals surface area contributed by atoms with Crippen LogP contribution in [0, 0.1) is 0 Å². The Balaban J connectivity index is 1.29. The lowest BCUT2D eigenvalue weighted by Crippen LogP contribution is -2.46. The monoisotopic (exact) mass is 437 g/mol. The predicted octanol–water partition coefficient (Wildman–Crippen LogP) is 3.84. The number of halogens is 1. The summed E-state index contributed by atoms with van der Waals surface area (Å²) in [6, 6.07) is 14.7. The molecule has 1 aliphatic heterocycles. The highest BCUT2D eigenvalue weighted by molar-refractivity contribution is 9.10. The predicted molar refractivity (Wildman–Crippen MR) is 115 cm³/mol. The zero-order valence-electron chi connectivity index (χ0n) is 15.9. The maximum Gasteiger partial charge on any atom is 0.128 e. The lowest BCUT2D eigenvalue weighted by molar-refractivity contribution is 0.245. The molecule has 3 heterocycles. The lowest BCUT2D eigenvalue weighted by Gasteiger charge is -2.35. The Morgan fingerprint density at radius 3 is 2.50 bits per heavy atom. The molecule has 28 heavy (non-hydrogen) atoms. The SMILES string of the molecule is Brc1ccc(N2CCN(Cc3nn(-c4ccccc4)c4c3CCC4)CC2)nc1. The van der Waals surface area contributed by atoms with Crippen molar-refractivity contribution in [2.75, 3.05) is 31.1 Å². The summed E-state index contributed by atoms with van der Waals surface area (Å²) in [5.74, 6) is 1.07. The molecule has 3 aromatic rings. The quantitative estimate of drug-likeness (QED) is 0.621. The van der Waals surface area contributed by atoms with E-state index in [0.717, 1.165) is 49.4 Å². The first kappa shape index (κ1) is 17.9. The minimum absolute atomic E-state index is 0.948. The van der Waals surface area contributed by atoms with Crippen molar-refractivity contribution in [1.29, 1.82) is 0 Å². The fourth-order valence-electron chi connectivity index (χ4n) is 4.33. The van der Waals surface area contributed by atoms with Crippen molar-refractivity contribution in [1.82, 2.24) is 19.7 Å². The third kappa shape index (κ3) is 3.47. The number of pyridine rings is 1. The van der Waals surface area contributed by atoms with E-state index in [9.17, 15) is 0 Å². The van der Waals surface area contributed by atoms with Gasteiger partial charge >= 0.3 is 0 Å². The summed E-state index contributed by atoms with van der Waals surface area (Å²) in [6.45, 7) is 5.06. The second kappa shape index (κ2) is 7.68. The second-order valence-corrected chi connectivity index (χ2v) is 8.49. The van der Waals surface area contributed by atoms with Crippen LogP contribution in [0.3, 0.4) is 0 Å². The van der Waals surface area contributed by atoms with Crippen LogP contribution in [0.2, 0.25) is 0 Å². The van der Waals surface area contributed by atoms with Crippen LogP contribution in [0.5, 0.6) is 0 Å². The standard InChI is InChI=1S/C22H24BrN5/c23-17-9-10-22(24-15-17)27-13-11-26(12-14-27)16-20-19-7-4-8-21(19)28(25-20)18-5-2-1-3-6-18/h1-3,5-6,9-10,15H,4,7-8,11-14,16H2. The number of hydrogen-bond donors (Lipinski definition) is 0. The Morgan fingerprint density at radius 1 is 0.929 bits per heavy atom. The molecule has 0 atom stereocenters. The van der Waals surface area contributed by atoms with Gasteiger partial charge in [-0.1, -0.05) is 18.2 Å². The first-order valence-electron chi connectivity index (χ1n) is 10.0. The number of rotatable bonds is 4. The number of aromatic nitrogens is 3. The summed E-state index contributed by atoms with van der Waals surface area (Å²) >= 11 is 3.46. The summed E-state index contributed by atoms with van der Waals surface area (Å²) in [4.78, 5) is 9.44. The molecule has 5 rings (SSSR count). The van der Waals surface area contributed by atoms with Crippen LogP contribution in [0.15, 0.2) is 53.1 Å². The maximum absolute atomic E-state index is 5.03. The van der Waals surface area contributed by atoms with Gasteiger partial charge in [0.2, 0.25) is 0 Å². The van der Waals surface area contributed by atoms with Gasteiger partial charge in [0.05, 0.1) is 11.4 Å². The Bertz CT molecular complexity index is 943. The van der Waals surface area contributed by atoms with E-state index in [2.05, 4.69) is 77.9 Å². The molecule has 0 unspecified atom stereocenters. The van der Waals surface area contributed by atoms with Crippen LogP contribution in [-0.2, 0) is 19.4 Å². The van der Waals surface area contributed by atoms with Gasteiger partial charge in [0, 0.05) is 49.1 Å². The molecular weight excluding hydrogens is 414 g/mol. The van der Waals surface area contributed by atoms with Crippen molar-refractivity contribution in [3.05, 3.63) is 70.1 Å². The van der Waals surface area contributed by atoms with E-state index >= 15 is 0 Å². The van der Waals surface area contributed by atoms with Crippen LogP contribution in [-0.4, -0.2) is 45.8 Å². The topological polar surface area (TPSA) is 37.2 Å².